The fourth-order valence-corrected chi connectivity index (χ4v) is 5.20. The highest BCUT2D eigenvalue weighted by atomic mass is 32.1. The minimum absolute atomic E-state index is 0.203. The molecule has 4 heteroatoms. The first-order valence-electron chi connectivity index (χ1n) is 8.32. The van der Waals surface area contributed by atoms with Gasteiger partial charge in [0.15, 0.2) is 0 Å². The number of carbonyl (C=O) groups is 1. The van der Waals surface area contributed by atoms with Gasteiger partial charge in [-0.2, -0.15) is 0 Å². The maximum Gasteiger partial charge on any atom is 0.338 e. The van der Waals surface area contributed by atoms with E-state index in [1.807, 2.05) is 5.38 Å². The van der Waals surface area contributed by atoms with Gasteiger partial charge in [-0.1, -0.05) is 6.92 Å². The molecule has 1 aromatic heterocycles. The van der Waals surface area contributed by atoms with Crippen molar-refractivity contribution in [1.29, 1.82) is 0 Å². The van der Waals surface area contributed by atoms with Gasteiger partial charge in [-0.25, -0.2) is 4.79 Å². The van der Waals surface area contributed by atoms with E-state index in [4.69, 9.17) is 4.74 Å². The maximum atomic E-state index is 11.8. The van der Waals surface area contributed by atoms with Crippen LogP contribution in [0.3, 0.4) is 0 Å². The van der Waals surface area contributed by atoms with Gasteiger partial charge in [0, 0.05) is 16.3 Å². The van der Waals surface area contributed by atoms with Gasteiger partial charge in [0.05, 0.1) is 12.7 Å². The molecule has 0 saturated heterocycles. The Bertz CT molecular complexity index is 501. The fourth-order valence-electron chi connectivity index (χ4n) is 3.86. The molecule has 1 aliphatic carbocycles. The molecule has 3 nitrogen and oxygen atoms in total. The average molecular weight is 324 g/mol. The smallest absolute Gasteiger partial charge is 0.338 e. The Kier molecular flexibility index (Phi) is 6.04. The zero-order chi connectivity index (χ0) is 16.3. The summed E-state index contributed by atoms with van der Waals surface area (Å²) >= 11 is 1.74. The summed E-state index contributed by atoms with van der Waals surface area (Å²) in [5, 5.41) is 1.98. The molecule has 1 unspecified atom stereocenters. The molecule has 0 radical (unpaired) electrons. The summed E-state index contributed by atoms with van der Waals surface area (Å²) in [7, 11) is 5.83. The Morgan fingerprint density at radius 2 is 2.00 bits per heavy atom. The molecule has 1 aromatic rings. The first kappa shape index (κ1) is 17.5. The van der Waals surface area contributed by atoms with Crippen molar-refractivity contribution >= 4 is 17.3 Å². The number of hydrogen-bond donors (Lipinski definition) is 0. The predicted octanol–water partition coefficient (Wildman–Crippen LogP) is 4.46. The molecule has 1 saturated carbocycles. The Morgan fingerprint density at radius 3 is 2.50 bits per heavy atom. The highest BCUT2D eigenvalue weighted by molar-refractivity contribution is 7.10. The van der Waals surface area contributed by atoms with Crippen molar-refractivity contribution in [1.82, 2.24) is 4.90 Å². The van der Waals surface area contributed by atoms with Gasteiger partial charge in [0.25, 0.3) is 0 Å². The van der Waals surface area contributed by atoms with Gasteiger partial charge in [0.2, 0.25) is 0 Å². The van der Waals surface area contributed by atoms with Crippen molar-refractivity contribution < 1.29 is 9.53 Å². The molecule has 0 aromatic carbocycles. The number of thiophene rings is 1. The molecular weight excluding hydrogens is 294 g/mol. The molecule has 22 heavy (non-hydrogen) atoms. The van der Waals surface area contributed by atoms with E-state index in [1.165, 1.54) is 37.7 Å². The van der Waals surface area contributed by atoms with Crippen molar-refractivity contribution in [3.63, 3.8) is 0 Å². The van der Waals surface area contributed by atoms with Crippen LogP contribution in [0.2, 0.25) is 0 Å². The monoisotopic (exact) mass is 323 g/mol. The van der Waals surface area contributed by atoms with Gasteiger partial charge in [0.1, 0.15) is 0 Å². The molecule has 1 aliphatic rings. The van der Waals surface area contributed by atoms with Gasteiger partial charge in [-0.15, -0.1) is 11.3 Å². The van der Waals surface area contributed by atoms with Crippen LogP contribution in [-0.2, 0) is 4.74 Å². The highest BCUT2D eigenvalue weighted by Crippen LogP contribution is 2.42. The van der Waals surface area contributed by atoms with Crippen molar-refractivity contribution in [3.05, 3.63) is 21.4 Å². The second-order valence-electron chi connectivity index (χ2n) is 6.68. The number of nitrogens with zero attached hydrogens (tertiary/aromatic N) is 1. The quantitative estimate of drug-likeness (QED) is 0.749. The number of hydrogen-bond acceptors (Lipinski definition) is 4. The molecule has 0 bridgehead atoms. The molecule has 1 atom stereocenters. The molecule has 2 rings (SSSR count). The topological polar surface area (TPSA) is 29.5 Å². The third-order valence-electron chi connectivity index (χ3n) is 5.30. The lowest BCUT2D eigenvalue weighted by Crippen LogP contribution is -2.33. The third-order valence-corrected chi connectivity index (χ3v) is 6.52. The van der Waals surface area contributed by atoms with Gasteiger partial charge < -0.3 is 9.64 Å². The van der Waals surface area contributed by atoms with E-state index >= 15 is 0 Å². The number of rotatable bonds is 5. The molecule has 124 valence electrons. The highest BCUT2D eigenvalue weighted by Gasteiger charge is 2.31. The van der Waals surface area contributed by atoms with Crippen LogP contribution >= 0.6 is 11.3 Å². The summed E-state index contributed by atoms with van der Waals surface area (Å²) in [5.41, 5.74) is 1.89. The molecule has 0 N–H and O–H groups in total. The standard InChI is InChI=1S/C18H29NO2S/c1-6-15(13-7-9-14(10-8-13)19(3)4)17-12(2)16(11-22-17)18(20)21-5/h11,13-15H,6-10H2,1-5H3/t13-,14-,15?. The summed E-state index contributed by atoms with van der Waals surface area (Å²) in [6.07, 6.45) is 6.34. The summed E-state index contributed by atoms with van der Waals surface area (Å²) in [5.74, 6) is 1.14. The number of ether oxygens (including phenoxy) is 1. The summed E-state index contributed by atoms with van der Waals surface area (Å²) in [6.45, 7) is 4.35. The van der Waals surface area contributed by atoms with Crippen molar-refractivity contribution in [2.45, 2.75) is 57.9 Å². The van der Waals surface area contributed by atoms with Gasteiger partial charge >= 0.3 is 5.97 Å². The van der Waals surface area contributed by atoms with Gasteiger partial charge in [-0.05, 0) is 70.5 Å². The first-order chi connectivity index (χ1) is 10.5. The van der Waals surface area contributed by atoms with E-state index in [0.29, 0.717) is 5.92 Å². The largest absolute Gasteiger partial charge is 0.465 e. The van der Waals surface area contributed by atoms with Crippen LogP contribution in [-0.4, -0.2) is 38.1 Å². The van der Waals surface area contributed by atoms with Crippen molar-refractivity contribution in [3.8, 4) is 0 Å². The van der Waals surface area contributed by atoms with E-state index < -0.39 is 0 Å². The van der Waals surface area contributed by atoms with Crippen LogP contribution in [0.25, 0.3) is 0 Å². The molecule has 1 fully saturated rings. The normalized spacial score (nSPS) is 23.5. The molecule has 0 spiro atoms. The Hall–Kier alpha value is -0.870. The Labute approximate surface area is 138 Å². The number of carbonyl (C=O) groups excluding carboxylic acids is 1. The Balaban J connectivity index is 2.13. The predicted molar refractivity (Wildman–Crippen MR) is 92.9 cm³/mol. The van der Waals surface area contributed by atoms with Crippen LogP contribution in [0, 0.1) is 12.8 Å². The van der Waals surface area contributed by atoms with Gasteiger partial charge in [-0.3, -0.25) is 0 Å². The summed E-state index contributed by atoms with van der Waals surface area (Å²) in [4.78, 5) is 15.6. The van der Waals surface area contributed by atoms with E-state index in [1.54, 1.807) is 11.3 Å². The maximum absolute atomic E-state index is 11.8. The minimum Gasteiger partial charge on any atom is -0.465 e. The lowest BCUT2D eigenvalue weighted by Gasteiger charge is -2.36. The Morgan fingerprint density at radius 1 is 1.36 bits per heavy atom. The second kappa shape index (κ2) is 7.60. The zero-order valence-electron chi connectivity index (χ0n) is 14.5. The SMILES string of the molecule is CCC(c1scc(C(=O)OC)c1C)[C@H]1CC[C@H](N(C)C)CC1. The van der Waals surface area contributed by atoms with Crippen molar-refractivity contribution in [2.24, 2.45) is 5.92 Å². The van der Waals surface area contributed by atoms with Crippen LogP contribution < -0.4 is 0 Å². The summed E-state index contributed by atoms with van der Waals surface area (Å²) < 4.78 is 4.89. The average Bonchev–Trinajstić information content (AvgIpc) is 2.90. The molecule has 1 heterocycles. The lowest BCUT2D eigenvalue weighted by molar-refractivity contribution is 0.0600. The van der Waals surface area contributed by atoms with Crippen LogP contribution in [0.5, 0.6) is 0 Å². The molecule has 0 aliphatic heterocycles. The van der Waals surface area contributed by atoms with E-state index in [2.05, 4.69) is 32.8 Å². The fraction of sp³-hybridized carbons (Fsp3) is 0.722. The minimum atomic E-state index is -0.203. The van der Waals surface area contributed by atoms with Crippen LogP contribution in [0.15, 0.2) is 5.38 Å². The molecule has 0 amide bonds. The molecular formula is C18H29NO2S. The van der Waals surface area contributed by atoms with E-state index in [9.17, 15) is 4.79 Å². The van der Waals surface area contributed by atoms with Crippen LogP contribution in [0.4, 0.5) is 0 Å². The van der Waals surface area contributed by atoms with Crippen LogP contribution in [0.1, 0.15) is 65.7 Å². The number of methoxy groups -OCH3 is 1. The van der Waals surface area contributed by atoms with E-state index in [0.717, 1.165) is 29.5 Å². The number of esters is 1. The zero-order valence-corrected chi connectivity index (χ0v) is 15.3. The third kappa shape index (κ3) is 3.54. The first-order valence-corrected chi connectivity index (χ1v) is 9.20. The van der Waals surface area contributed by atoms with Crippen molar-refractivity contribution in [2.75, 3.05) is 21.2 Å². The summed E-state index contributed by atoms with van der Waals surface area (Å²) in [6, 6.07) is 0.740. The second-order valence-corrected chi connectivity index (χ2v) is 7.59. The van der Waals surface area contributed by atoms with E-state index in [-0.39, 0.29) is 5.97 Å². The lowest BCUT2D eigenvalue weighted by atomic mass is 9.75.